The molecule has 6 rings (SSSR count). The standard InChI is InChI=1S/C29H22ClN3O4S2/c1-16-7-13-20(14-8-16)33-26(35)23-22(17-5-3-2-4-6-17)25-28(38-24(23)27(33)36)32(29(37)39-25)15-21(34)31-19-11-9-18(30)10-12-19/h2-14,22-24H,15H2,1H3,(H,31,34). The molecule has 196 valence electrons. The highest BCUT2D eigenvalue weighted by molar-refractivity contribution is 8.00. The van der Waals surface area contributed by atoms with Crippen LogP contribution in [0.15, 0.2) is 88.7 Å². The number of thiazole rings is 1. The lowest BCUT2D eigenvalue weighted by molar-refractivity contribution is -0.122. The topological polar surface area (TPSA) is 88.5 Å². The molecule has 3 amide bonds. The fourth-order valence-electron chi connectivity index (χ4n) is 5.10. The second kappa shape index (κ2) is 10.1. The van der Waals surface area contributed by atoms with Crippen LogP contribution in [0.25, 0.3) is 0 Å². The second-order valence-electron chi connectivity index (χ2n) is 9.48. The van der Waals surface area contributed by atoms with Crippen molar-refractivity contribution in [1.29, 1.82) is 0 Å². The average Bonchev–Trinajstić information content (AvgIpc) is 3.37. The largest absolute Gasteiger partial charge is 0.325 e. The zero-order chi connectivity index (χ0) is 27.3. The van der Waals surface area contributed by atoms with Crippen molar-refractivity contribution in [3.05, 3.63) is 110 Å². The number of aromatic nitrogens is 1. The number of hydrogen-bond acceptors (Lipinski definition) is 6. The number of carbonyl (C=O) groups is 3. The normalized spacial score (nSPS) is 20.1. The van der Waals surface area contributed by atoms with Crippen LogP contribution in [0.2, 0.25) is 5.02 Å². The number of thioether (sulfide) groups is 1. The summed E-state index contributed by atoms with van der Waals surface area (Å²) in [6.07, 6.45) is 0. The van der Waals surface area contributed by atoms with Gasteiger partial charge in [-0.25, -0.2) is 4.90 Å². The molecule has 1 fully saturated rings. The number of amides is 3. The summed E-state index contributed by atoms with van der Waals surface area (Å²) in [6.45, 7) is 1.72. The van der Waals surface area contributed by atoms with E-state index in [2.05, 4.69) is 5.32 Å². The van der Waals surface area contributed by atoms with E-state index in [1.54, 1.807) is 36.4 Å². The highest BCUT2D eigenvalue weighted by Crippen LogP contribution is 2.53. The molecule has 2 aliphatic heterocycles. The van der Waals surface area contributed by atoms with Gasteiger partial charge in [0, 0.05) is 21.5 Å². The quantitative estimate of drug-likeness (QED) is 0.326. The van der Waals surface area contributed by atoms with Crippen molar-refractivity contribution < 1.29 is 14.4 Å². The van der Waals surface area contributed by atoms with Gasteiger partial charge in [0.1, 0.15) is 11.8 Å². The third kappa shape index (κ3) is 4.60. The molecule has 3 unspecified atom stereocenters. The van der Waals surface area contributed by atoms with Gasteiger partial charge >= 0.3 is 4.87 Å². The molecule has 1 saturated heterocycles. The van der Waals surface area contributed by atoms with E-state index in [1.165, 1.54) is 21.2 Å². The molecule has 10 heteroatoms. The lowest BCUT2D eigenvalue weighted by atomic mass is 9.83. The zero-order valence-corrected chi connectivity index (χ0v) is 23.1. The van der Waals surface area contributed by atoms with Crippen LogP contribution in [0.4, 0.5) is 11.4 Å². The minimum Gasteiger partial charge on any atom is -0.325 e. The summed E-state index contributed by atoms with van der Waals surface area (Å²) in [5.74, 6) is -2.14. The monoisotopic (exact) mass is 575 g/mol. The third-order valence-corrected chi connectivity index (χ3v) is 9.79. The van der Waals surface area contributed by atoms with E-state index in [9.17, 15) is 19.2 Å². The van der Waals surface area contributed by atoms with Crippen molar-refractivity contribution in [2.45, 2.75) is 29.7 Å². The summed E-state index contributed by atoms with van der Waals surface area (Å²) < 4.78 is 1.41. The Labute approximate surface area is 237 Å². The minimum atomic E-state index is -0.726. The van der Waals surface area contributed by atoms with Gasteiger partial charge < -0.3 is 5.32 Å². The van der Waals surface area contributed by atoms with Crippen LogP contribution in [0.1, 0.15) is 21.9 Å². The average molecular weight is 576 g/mol. The van der Waals surface area contributed by atoms with Crippen molar-refractivity contribution in [3.63, 3.8) is 0 Å². The summed E-state index contributed by atoms with van der Waals surface area (Å²) in [7, 11) is 0. The van der Waals surface area contributed by atoms with Crippen molar-refractivity contribution in [3.8, 4) is 0 Å². The number of aryl methyl sites for hydroxylation is 1. The molecule has 3 atom stereocenters. The number of nitrogens with one attached hydrogen (secondary N) is 1. The molecule has 3 heterocycles. The molecule has 0 saturated carbocycles. The predicted molar refractivity (Wildman–Crippen MR) is 154 cm³/mol. The maximum absolute atomic E-state index is 13.9. The maximum atomic E-state index is 13.9. The van der Waals surface area contributed by atoms with Crippen LogP contribution in [0.3, 0.4) is 0 Å². The Kier molecular flexibility index (Phi) is 6.66. The summed E-state index contributed by atoms with van der Waals surface area (Å²) in [5, 5.41) is 3.16. The van der Waals surface area contributed by atoms with Gasteiger partial charge in [-0.2, -0.15) is 0 Å². The first-order valence-electron chi connectivity index (χ1n) is 12.3. The number of rotatable bonds is 5. The molecule has 0 spiro atoms. The fourth-order valence-corrected chi connectivity index (χ4v) is 8.00. The van der Waals surface area contributed by atoms with E-state index in [-0.39, 0.29) is 29.1 Å². The van der Waals surface area contributed by atoms with Gasteiger partial charge in [-0.05, 0) is 48.9 Å². The lowest BCUT2D eigenvalue weighted by Gasteiger charge is -2.30. The molecule has 1 aromatic heterocycles. The Balaban J connectivity index is 1.39. The van der Waals surface area contributed by atoms with Gasteiger partial charge in [0.05, 0.1) is 16.6 Å². The molecule has 39 heavy (non-hydrogen) atoms. The molecule has 2 aliphatic rings. The number of fused-ring (bicyclic) bond motifs is 2. The SMILES string of the molecule is Cc1ccc(N2C(=O)C3Sc4c(sc(=O)n4CC(=O)Nc4ccc(Cl)cc4)C(c4ccccc4)C3C2=O)cc1. The highest BCUT2D eigenvalue weighted by Gasteiger charge is 2.56. The van der Waals surface area contributed by atoms with Crippen LogP contribution >= 0.6 is 34.7 Å². The maximum Gasteiger partial charge on any atom is 0.308 e. The minimum absolute atomic E-state index is 0.219. The molecule has 4 aromatic rings. The Hall–Kier alpha value is -3.66. The van der Waals surface area contributed by atoms with Crippen LogP contribution in [-0.2, 0) is 20.9 Å². The number of imide groups is 1. The fraction of sp³-hybridized carbons (Fsp3) is 0.172. The second-order valence-corrected chi connectivity index (χ2v) is 12.0. The first-order valence-corrected chi connectivity index (χ1v) is 14.3. The zero-order valence-electron chi connectivity index (χ0n) is 20.7. The lowest BCUT2D eigenvalue weighted by Crippen LogP contribution is -2.33. The van der Waals surface area contributed by atoms with Crippen LogP contribution < -0.4 is 15.1 Å². The Morgan fingerprint density at radius 1 is 0.923 bits per heavy atom. The molecule has 1 N–H and O–H groups in total. The van der Waals surface area contributed by atoms with E-state index in [4.69, 9.17) is 11.6 Å². The van der Waals surface area contributed by atoms with Crippen molar-refractivity contribution in [1.82, 2.24) is 4.57 Å². The number of benzene rings is 3. The van der Waals surface area contributed by atoms with E-state index in [0.29, 0.717) is 26.3 Å². The van der Waals surface area contributed by atoms with Gasteiger partial charge in [-0.3, -0.25) is 23.7 Å². The summed E-state index contributed by atoms with van der Waals surface area (Å²) >= 11 is 8.17. The van der Waals surface area contributed by atoms with E-state index < -0.39 is 17.1 Å². The van der Waals surface area contributed by atoms with Crippen molar-refractivity contribution in [2.24, 2.45) is 5.92 Å². The molecule has 3 aromatic carbocycles. The number of nitrogens with zero attached hydrogens (tertiary/aromatic N) is 2. The van der Waals surface area contributed by atoms with Gasteiger partial charge in [0.2, 0.25) is 17.7 Å². The number of anilines is 2. The summed E-state index contributed by atoms with van der Waals surface area (Å²) in [4.78, 5) is 55.4. The molecular formula is C29H22ClN3O4S2. The summed E-state index contributed by atoms with van der Waals surface area (Å²) in [5.41, 5.74) is 2.96. The Morgan fingerprint density at radius 3 is 2.31 bits per heavy atom. The number of carbonyl (C=O) groups excluding carboxylic acids is 3. The molecule has 7 nitrogen and oxygen atoms in total. The third-order valence-electron chi connectivity index (χ3n) is 6.93. The number of hydrogen-bond donors (Lipinski definition) is 1. The Morgan fingerprint density at radius 2 is 1.62 bits per heavy atom. The number of halogens is 1. The first kappa shape index (κ1) is 25.6. The summed E-state index contributed by atoms with van der Waals surface area (Å²) in [6, 6.07) is 23.4. The molecule has 0 radical (unpaired) electrons. The molecular weight excluding hydrogens is 554 g/mol. The van der Waals surface area contributed by atoms with Gasteiger partial charge in [0.15, 0.2) is 0 Å². The predicted octanol–water partition coefficient (Wildman–Crippen LogP) is 5.31. The highest BCUT2D eigenvalue weighted by atomic mass is 35.5. The first-order chi connectivity index (χ1) is 18.8. The van der Waals surface area contributed by atoms with Crippen molar-refractivity contribution >= 4 is 63.8 Å². The van der Waals surface area contributed by atoms with Gasteiger partial charge in [-0.1, -0.05) is 82.7 Å². The van der Waals surface area contributed by atoms with Crippen LogP contribution in [0, 0.1) is 12.8 Å². The van der Waals surface area contributed by atoms with E-state index in [0.717, 1.165) is 22.5 Å². The van der Waals surface area contributed by atoms with Crippen LogP contribution in [-0.4, -0.2) is 27.5 Å². The smallest absolute Gasteiger partial charge is 0.308 e. The Bertz CT molecular complexity index is 1650. The molecule has 0 bridgehead atoms. The molecule has 0 aliphatic carbocycles. The van der Waals surface area contributed by atoms with E-state index >= 15 is 0 Å². The van der Waals surface area contributed by atoms with E-state index in [1.807, 2.05) is 49.4 Å². The van der Waals surface area contributed by atoms with Crippen molar-refractivity contribution in [2.75, 3.05) is 10.2 Å². The van der Waals surface area contributed by atoms with Gasteiger partial charge in [-0.15, -0.1) is 0 Å². The van der Waals surface area contributed by atoms with Gasteiger partial charge in [0.25, 0.3) is 0 Å². The van der Waals surface area contributed by atoms with Crippen LogP contribution in [0.5, 0.6) is 0 Å².